The predicted molar refractivity (Wildman–Crippen MR) is 102 cm³/mol. The molecule has 0 aliphatic heterocycles. The van der Waals surface area contributed by atoms with E-state index in [4.69, 9.17) is 0 Å². The lowest BCUT2D eigenvalue weighted by molar-refractivity contribution is 0.198. The van der Waals surface area contributed by atoms with Crippen LogP contribution in [0.25, 0.3) is 11.0 Å². The summed E-state index contributed by atoms with van der Waals surface area (Å²) in [6.45, 7) is 7.52. The number of nitrogens with zero attached hydrogens (tertiary/aromatic N) is 4. The molecule has 0 saturated heterocycles. The fraction of sp³-hybridized carbons (Fsp3) is 0.421. The number of carbonyl (C=O) groups excluding carboxylic acids is 1. The topological polar surface area (TPSA) is 78.8 Å². The molecule has 2 aromatic heterocycles. The third kappa shape index (κ3) is 4.04. The number of fused-ring (bicyclic) bond motifs is 1. The summed E-state index contributed by atoms with van der Waals surface area (Å²) in [6.07, 6.45) is 5.37. The zero-order valence-corrected chi connectivity index (χ0v) is 15.7. The third-order valence-electron chi connectivity index (χ3n) is 4.50. The average Bonchev–Trinajstić information content (AvgIpc) is 3.25. The van der Waals surface area contributed by atoms with Crippen LogP contribution in [-0.4, -0.2) is 44.0 Å². The first-order chi connectivity index (χ1) is 12.4. The van der Waals surface area contributed by atoms with Crippen LogP contribution in [0.15, 0.2) is 36.9 Å². The highest BCUT2D eigenvalue weighted by Gasteiger charge is 2.23. The van der Waals surface area contributed by atoms with Crippen LogP contribution in [0, 0.1) is 12.8 Å². The maximum absolute atomic E-state index is 12.6. The van der Waals surface area contributed by atoms with E-state index in [0.29, 0.717) is 13.1 Å². The molecule has 1 aromatic carbocycles. The van der Waals surface area contributed by atoms with Gasteiger partial charge >= 0.3 is 6.03 Å². The number of aromatic nitrogens is 4. The number of aryl methyl sites for hydroxylation is 1. The summed E-state index contributed by atoms with van der Waals surface area (Å²) in [7, 11) is 1.80. The van der Waals surface area contributed by atoms with Gasteiger partial charge in [0.05, 0.1) is 23.4 Å². The summed E-state index contributed by atoms with van der Waals surface area (Å²) < 4.78 is 1.95. The Hall–Kier alpha value is -2.83. The minimum atomic E-state index is -0.175. The molecule has 7 heteroatoms. The molecule has 0 fully saturated rings. The van der Waals surface area contributed by atoms with Gasteiger partial charge in [-0.05, 0) is 30.5 Å². The smallest absolute Gasteiger partial charge is 0.317 e. The molecule has 26 heavy (non-hydrogen) atoms. The second kappa shape index (κ2) is 7.59. The standard InChI is InChI=1S/C19H26N6O/c1-13(2)17(18-21-15-6-5-14(3)11-16(15)22-18)23-19(26)24(4)9-10-25-8-7-20-12-25/h5-8,11-13,17H,9-10H2,1-4H3,(H,21,22)(H,23,26)/t17-/m1/s1. The zero-order chi connectivity index (χ0) is 18.7. The van der Waals surface area contributed by atoms with E-state index < -0.39 is 0 Å². The van der Waals surface area contributed by atoms with Crippen LogP contribution in [-0.2, 0) is 6.54 Å². The summed E-state index contributed by atoms with van der Waals surface area (Å²) in [6, 6.07) is 5.83. The molecule has 1 atom stereocenters. The molecule has 0 aliphatic carbocycles. The second-order valence-corrected chi connectivity index (χ2v) is 7.04. The SMILES string of the molecule is Cc1ccc2nc([C@H](NC(=O)N(C)CCn3ccnc3)C(C)C)[nH]c2c1. The van der Waals surface area contributed by atoms with Gasteiger partial charge in [-0.2, -0.15) is 0 Å². The van der Waals surface area contributed by atoms with Crippen LogP contribution in [0.4, 0.5) is 4.79 Å². The van der Waals surface area contributed by atoms with Crippen LogP contribution >= 0.6 is 0 Å². The fourth-order valence-corrected chi connectivity index (χ4v) is 2.87. The van der Waals surface area contributed by atoms with E-state index in [-0.39, 0.29) is 18.0 Å². The average molecular weight is 354 g/mol. The number of nitrogens with one attached hydrogen (secondary N) is 2. The summed E-state index contributed by atoms with van der Waals surface area (Å²) >= 11 is 0. The normalized spacial score (nSPS) is 12.5. The van der Waals surface area contributed by atoms with E-state index in [1.54, 1.807) is 24.5 Å². The molecule has 0 bridgehead atoms. The Morgan fingerprint density at radius 1 is 1.38 bits per heavy atom. The van der Waals surface area contributed by atoms with Gasteiger partial charge in [-0.3, -0.25) is 0 Å². The summed E-state index contributed by atoms with van der Waals surface area (Å²) in [5.74, 6) is 1.000. The van der Waals surface area contributed by atoms with Crippen molar-refractivity contribution in [2.45, 2.75) is 33.4 Å². The third-order valence-corrected chi connectivity index (χ3v) is 4.50. The molecule has 0 spiro atoms. The van der Waals surface area contributed by atoms with Gasteiger partial charge in [0.1, 0.15) is 5.82 Å². The number of hydrogen-bond acceptors (Lipinski definition) is 3. The Morgan fingerprint density at radius 2 is 2.19 bits per heavy atom. The Morgan fingerprint density at radius 3 is 2.88 bits per heavy atom. The van der Waals surface area contributed by atoms with Crippen molar-refractivity contribution in [3.8, 4) is 0 Å². The molecule has 7 nitrogen and oxygen atoms in total. The van der Waals surface area contributed by atoms with Crippen LogP contribution in [0.1, 0.15) is 31.3 Å². The quantitative estimate of drug-likeness (QED) is 0.714. The van der Waals surface area contributed by atoms with Gasteiger partial charge < -0.3 is 19.8 Å². The lowest BCUT2D eigenvalue weighted by atomic mass is 10.0. The van der Waals surface area contributed by atoms with Crippen molar-refractivity contribution in [3.05, 3.63) is 48.3 Å². The van der Waals surface area contributed by atoms with Crippen molar-refractivity contribution in [1.29, 1.82) is 0 Å². The Balaban J connectivity index is 1.69. The van der Waals surface area contributed by atoms with Crippen LogP contribution in [0.5, 0.6) is 0 Å². The van der Waals surface area contributed by atoms with E-state index in [1.807, 2.05) is 22.9 Å². The van der Waals surface area contributed by atoms with Gasteiger partial charge in [-0.1, -0.05) is 19.9 Å². The molecule has 138 valence electrons. The van der Waals surface area contributed by atoms with Gasteiger partial charge in [-0.15, -0.1) is 0 Å². The number of amides is 2. The van der Waals surface area contributed by atoms with Gasteiger partial charge in [0.2, 0.25) is 0 Å². The second-order valence-electron chi connectivity index (χ2n) is 7.04. The van der Waals surface area contributed by atoms with Crippen LogP contribution in [0.2, 0.25) is 0 Å². The zero-order valence-electron chi connectivity index (χ0n) is 15.7. The maximum Gasteiger partial charge on any atom is 0.317 e. The molecular weight excluding hydrogens is 328 g/mol. The Kier molecular flexibility index (Phi) is 5.25. The predicted octanol–water partition coefficient (Wildman–Crippen LogP) is 3.11. The lowest BCUT2D eigenvalue weighted by Gasteiger charge is -2.25. The highest BCUT2D eigenvalue weighted by atomic mass is 16.2. The first kappa shape index (κ1) is 18.0. The number of likely N-dealkylation sites (N-methyl/N-ethyl adjacent to an activating group) is 1. The van der Waals surface area contributed by atoms with Crippen molar-refractivity contribution in [1.82, 2.24) is 29.7 Å². The van der Waals surface area contributed by atoms with E-state index in [1.165, 1.54) is 5.56 Å². The van der Waals surface area contributed by atoms with Crippen molar-refractivity contribution < 1.29 is 4.79 Å². The number of carbonyl (C=O) groups is 1. The molecule has 0 unspecified atom stereocenters. The van der Waals surface area contributed by atoms with Crippen LogP contribution < -0.4 is 5.32 Å². The minimum absolute atomic E-state index is 0.111. The number of urea groups is 1. The van der Waals surface area contributed by atoms with E-state index in [2.05, 4.69) is 47.1 Å². The van der Waals surface area contributed by atoms with Gasteiger partial charge in [0.25, 0.3) is 0 Å². The molecule has 3 rings (SSSR count). The molecule has 2 heterocycles. The highest BCUT2D eigenvalue weighted by Crippen LogP contribution is 2.23. The van der Waals surface area contributed by atoms with E-state index >= 15 is 0 Å². The lowest BCUT2D eigenvalue weighted by Crippen LogP contribution is -2.42. The fourth-order valence-electron chi connectivity index (χ4n) is 2.87. The maximum atomic E-state index is 12.6. The monoisotopic (exact) mass is 354 g/mol. The van der Waals surface area contributed by atoms with Crippen molar-refractivity contribution in [2.24, 2.45) is 5.92 Å². The molecule has 2 N–H and O–H groups in total. The molecule has 3 aromatic rings. The molecule has 0 radical (unpaired) electrons. The van der Waals surface area contributed by atoms with Gasteiger partial charge in [-0.25, -0.2) is 14.8 Å². The summed E-state index contributed by atoms with van der Waals surface area (Å²) in [5.41, 5.74) is 3.09. The van der Waals surface area contributed by atoms with Crippen molar-refractivity contribution >= 4 is 17.1 Å². The number of imidazole rings is 2. The van der Waals surface area contributed by atoms with E-state index in [9.17, 15) is 4.79 Å². The van der Waals surface area contributed by atoms with E-state index in [0.717, 1.165) is 16.9 Å². The number of rotatable bonds is 6. The highest BCUT2D eigenvalue weighted by molar-refractivity contribution is 5.77. The number of hydrogen-bond donors (Lipinski definition) is 2. The minimum Gasteiger partial charge on any atom is -0.340 e. The Labute approximate surface area is 153 Å². The molecular formula is C19H26N6O. The van der Waals surface area contributed by atoms with Crippen LogP contribution in [0.3, 0.4) is 0 Å². The largest absolute Gasteiger partial charge is 0.340 e. The first-order valence-electron chi connectivity index (χ1n) is 8.87. The van der Waals surface area contributed by atoms with Gasteiger partial charge in [0, 0.05) is 32.5 Å². The summed E-state index contributed by atoms with van der Waals surface area (Å²) in [4.78, 5) is 26.3. The molecule has 0 aliphatic rings. The van der Waals surface area contributed by atoms with Crippen molar-refractivity contribution in [3.63, 3.8) is 0 Å². The number of aromatic amines is 1. The number of H-pyrrole nitrogens is 1. The van der Waals surface area contributed by atoms with Crippen molar-refractivity contribution in [2.75, 3.05) is 13.6 Å². The molecule has 2 amide bonds. The van der Waals surface area contributed by atoms with Gasteiger partial charge in [0.15, 0.2) is 0 Å². The Bertz CT molecular complexity index is 867. The molecule has 0 saturated carbocycles. The first-order valence-corrected chi connectivity index (χ1v) is 8.87. The number of benzene rings is 1. The summed E-state index contributed by atoms with van der Waals surface area (Å²) in [5, 5.41) is 3.11.